The summed E-state index contributed by atoms with van der Waals surface area (Å²) in [5.41, 5.74) is 11.3. The van der Waals surface area contributed by atoms with Crippen molar-refractivity contribution in [2.75, 3.05) is 13.2 Å². The number of rotatable bonds is 0. The molecule has 0 saturated carbocycles. The number of benzene rings is 3. The molecule has 7 aliphatic rings. The zero-order chi connectivity index (χ0) is 34.7. The lowest BCUT2D eigenvalue weighted by atomic mass is 10.1. The third-order valence-corrected chi connectivity index (χ3v) is 9.50. The van der Waals surface area contributed by atoms with Crippen LogP contribution >= 0.6 is 0 Å². The van der Waals surface area contributed by atoms with Crippen LogP contribution in [0.2, 0.25) is 0 Å². The number of nitrogens with zero attached hydrogens (tertiary/aromatic N) is 5. The van der Waals surface area contributed by atoms with E-state index in [1.54, 1.807) is 0 Å². The smallest absolute Gasteiger partial charge is 0.119 e. The van der Waals surface area contributed by atoms with Crippen molar-refractivity contribution in [3.05, 3.63) is 151 Å². The van der Waals surface area contributed by atoms with Crippen LogP contribution in [0.4, 0.5) is 0 Å². The Kier molecular flexibility index (Phi) is 8.51. The lowest BCUT2D eigenvalue weighted by Crippen LogP contribution is -2.00. The number of hydrogen-bond donors (Lipinski definition) is 0. The summed E-state index contributed by atoms with van der Waals surface area (Å²) in [5, 5.41) is 2.11. The molecular formula is C45H35N5O2. The Morgan fingerprint density at radius 1 is 0.385 bits per heavy atom. The zero-order valence-electron chi connectivity index (χ0n) is 28.6. The van der Waals surface area contributed by atoms with Crippen LogP contribution in [-0.4, -0.2) is 38.1 Å². The average Bonchev–Trinajstić information content (AvgIpc) is 3.21. The molecule has 12 heterocycles. The fourth-order valence-electron chi connectivity index (χ4n) is 6.63. The van der Waals surface area contributed by atoms with E-state index in [0.717, 1.165) is 115 Å². The molecule has 0 saturated heterocycles. The Balaban J connectivity index is 1.00. The predicted molar refractivity (Wildman–Crippen MR) is 206 cm³/mol. The Morgan fingerprint density at radius 2 is 0.827 bits per heavy atom. The molecule has 0 radical (unpaired) electrons. The van der Waals surface area contributed by atoms with E-state index in [-0.39, 0.29) is 0 Å². The molecule has 0 amide bonds. The van der Waals surface area contributed by atoms with Gasteiger partial charge in [0.1, 0.15) is 11.5 Å². The van der Waals surface area contributed by atoms with E-state index in [1.165, 1.54) is 0 Å². The first-order chi connectivity index (χ1) is 25.7. The van der Waals surface area contributed by atoms with Gasteiger partial charge in [0.05, 0.1) is 58.4 Å². The molecule has 15 rings (SSSR count). The standard InChI is InChI=1S/C45H35N5O2/c1-6-42-40-22-8-30(28-46-40)4-2-26-51-36-18-12-32(13-19-36)38-24-16-34-10-11-35-17-25-39(50-45(35)44(34)49-38)33-14-20-37(21-15-33)52-27-3-5-31-9-23-41(47-29-31)43(7-1)48-42/h1,6-25,28-29H,2-5,26-27H2. The van der Waals surface area contributed by atoms with Crippen LogP contribution < -0.4 is 9.47 Å². The highest BCUT2D eigenvalue weighted by atomic mass is 16.5. The van der Waals surface area contributed by atoms with E-state index < -0.39 is 0 Å². The van der Waals surface area contributed by atoms with Gasteiger partial charge in [-0.2, -0.15) is 0 Å². The molecular weight excluding hydrogens is 643 g/mol. The van der Waals surface area contributed by atoms with Gasteiger partial charge in [-0.25, -0.2) is 15.0 Å². The largest absolute Gasteiger partial charge is 0.494 e. The van der Waals surface area contributed by atoms with E-state index in [4.69, 9.17) is 34.4 Å². The monoisotopic (exact) mass is 677 g/mol. The van der Waals surface area contributed by atoms with Crippen LogP contribution in [0, 0.1) is 0 Å². The van der Waals surface area contributed by atoms with Crippen molar-refractivity contribution in [2.24, 2.45) is 0 Å². The van der Waals surface area contributed by atoms with E-state index in [2.05, 4.69) is 72.8 Å². The highest BCUT2D eigenvalue weighted by molar-refractivity contribution is 6.04. The van der Waals surface area contributed by atoms with Crippen LogP contribution in [-0.2, 0) is 12.8 Å². The number of pyridine rings is 5. The summed E-state index contributed by atoms with van der Waals surface area (Å²) in [4.78, 5) is 24.6. The molecule has 5 aromatic heterocycles. The summed E-state index contributed by atoms with van der Waals surface area (Å²) in [6.45, 7) is 1.22. The van der Waals surface area contributed by atoms with Crippen molar-refractivity contribution in [3.63, 3.8) is 0 Å². The minimum Gasteiger partial charge on any atom is -0.494 e. The Bertz CT molecular complexity index is 2330. The van der Waals surface area contributed by atoms with Gasteiger partial charge < -0.3 is 9.47 Å². The molecule has 7 heteroatoms. The van der Waals surface area contributed by atoms with Gasteiger partial charge in [0.25, 0.3) is 0 Å². The van der Waals surface area contributed by atoms with Gasteiger partial charge in [-0.3, -0.25) is 9.97 Å². The normalized spacial score (nSPS) is 13.2. The summed E-state index contributed by atoms with van der Waals surface area (Å²) in [5.74, 6) is 1.67. The van der Waals surface area contributed by atoms with E-state index in [9.17, 15) is 0 Å². The molecule has 0 N–H and O–H groups in total. The van der Waals surface area contributed by atoms with Crippen molar-refractivity contribution in [1.82, 2.24) is 24.9 Å². The lowest BCUT2D eigenvalue weighted by Gasteiger charge is -2.10. The highest BCUT2D eigenvalue weighted by Crippen LogP contribution is 2.30. The summed E-state index contributed by atoms with van der Waals surface area (Å²) < 4.78 is 12.2. The number of aryl methyl sites for hydroxylation is 2. The predicted octanol–water partition coefficient (Wildman–Crippen LogP) is 9.97. The van der Waals surface area contributed by atoms with Gasteiger partial charge in [0.2, 0.25) is 0 Å². The van der Waals surface area contributed by atoms with Gasteiger partial charge in [0.15, 0.2) is 0 Å². The Hall–Kier alpha value is -6.47. The fourth-order valence-corrected chi connectivity index (χ4v) is 6.63. The summed E-state index contributed by atoms with van der Waals surface area (Å²) in [7, 11) is 0. The molecule has 0 aliphatic carbocycles. The van der Waals surface area contributed by atoms with Crippen molar-refractivity contribution in [2.45, 2.75) is 25.7 Å². The maximum atomic E-state index is 6.11. The average molecular weight is 678 g/mol. The second-order valence-electron chi connectivity index (χ2n) is 13.1. The molecule has 7 aliphatic heterocycles. The summed E-state index contributed by atoms with van der Waals surface area (Å²) in [6, 6.07) is 43.2. The first kappa shape index (κ1) is 31.5. The van der Waals surface area contributed by atoms with Gasteiger partial charge in [-0.1, -0.05) is 42.5 Å². The number of aromatic nitrogens is 5. The van der Waals surface area contributed by atoms with Crippen LogP contribution in [0.3, 0.4) is 0 Å². The zero-order valence-corrected chi connectivity index (χ0v) is 28.6. The fraction of sp³-hybridized carbons (Fsp3) is 0.133. The van der Waals surface area contributed by atoms with Crippen LogP contribution in [0.25, 0.3) is 67.1 Å². The van der Waals surface area contributed by atoms with Crippen molar-refractivity contribution >= 4 is 21.8 Å². The quantitative estimate of drug-likeness (QED) is 0.148. The van der Waals surface area contributed by atoms with Crippen LogP contribution in [0.5, 0.6) is 11.5 Å². The molecule has 8 aromatic rings. The Morgan fingerprint density at radius 3 is 1.27 bits per heavy atom. The molecule has 0 atom stereocenters. The van der Waals surface area contributed by atoms with Gasteiger partial charge >= 0.3 is 0 Å². The van der Waals surface area contributed by atoms with Gasteiger partial charge in [0, 0.05) is 34.3 Å². The van der Waals surface area contributed by atoms with E-state index in [0.29, 0.717) is 13.2 Å². The molecule has 52 heavy (non-hydrogen) atoms. The third-order valence-electron chi connectivity index (χ3n) is 9.50. The molecule has 14 bridgehead atoms. The topological polar surface area (TPSA) is 82.9 Å². The molecule has 3 aromatic carbocycles. The SMILES string of the molecule is c1cc2nc(c1)-c1ccc(cn1)CCCOc1ccc(cc1)-c1ccc3ccc4ccc(nc4c3n1)-c1ccc(cc1)OCCCc1ccc-2nc1. The second-order valence-corrected chi connectivity index (χ2v) is 13.1. The van der Waals surface area contributed by atoms with Gasteiger partial charge in [-0.05, 0) is 122 Å². The Labute approximate surface area is 302 Å². The van der Waals surface area contributed by atoms with E-state index >= 15 is 0 Å². The van der Waals surface area contributed by atoms with Gasteiger partial charge in [-0.15, -0.1) is 0 Å². The maximum Gasteiger partial charge on any atom is 0.119 e. The molecule has 7 nitrogen and oxygen atoms in total. The van der Waals surface area contributed by atoms with Crippen molar-refractivity contribution in [1.29, 1.82) is 0 Å². The third kappa shape index (κ3) is 6.68. The molecule has 0 spiro atoms. The summed E-state index contributed by atoms with van der Waals surface area (Å²) >= 11 is 0. The molecule has 252 valence electrons. The summed E-state index contributed by atoms with van der Waals surface area (Å²) in [6.07, 6.45) is 7.37. The van der Waals surface area contributed by atoms with Crippen molar-refractivity contribution < 1.29 is 9.47 Å². The van der Waals surface area contributed by atoms with Crippen LogP contribution in [0.1, 0.15) is 24.0 Å². The number of hydrogen-bond acceptors (Lipinski definition) is 7. The first-order valence-electron chi connectivity index (χ1n) is 17.8. The highest BCUT2D eigenvalue weighted by Gasteiger charge is 2.11. The molecule has 0 unspecified atom stereocenters. The maximum absolute atomic E-state index is 6.11. The molecule has 0 fully saturated rings. The lowest BCUT2D eigenvalue weighted by molar-refractivity contribution is 0.311. The van der Waals surface area contributed by atoms with E-state index in [1.807, 2.05) is 67.0 Å². The minimum absolute atomic E-state index is 0.612. The number of ether oxygens (including phenoxy) is 2. The van der Waals surface area contributed by atoms with Crippen molar-refractivity contribution in [3.8, 4) is 56.8 Å². The second kappa shape index (κ2) is 14.0. The minimum atomic E-state index is 0.612. The van der Waals surface area contributed by atoms with Crippen LogP contribution in [0.15, 0.2) is 140 Å². The first-order valence-corrected chi connectivity index (χ1v) is 17.8.